The molecule has 2 rings (SSSR count). The van der Waals surface area contributed by atoms with Crippen molar-refractivity contribution >= 4 is 0 Å². The molecule has 72 valence electrons. The van der Waals surface area contributed by atoms with E-state index < -0.39 is 11.6 Å². The Balaban J connectivity index is 2.64. The fourth-order valence-corrected chi connectivity index (χ4v) is 1.39. The van der Waals surface area contributed by atoms with Gasteiger partial charge in [0.2, 0.25) is 0 Å². The average molecular weight is 194 g/mol. The Morgan fingerprint density at radius 2 is 2.07 bits per heavy atom. The summed E-state index contributed by atoms with van der Waals surface area (Å²) in [5.74, 6) is -1.18. The average Bonchev–Trinajstić information content (AvgIpc) is 2.54. The van der Waals surface area contributed by atoms with Gasteiger partial charge in [0, 0.05) is 18.5 Å². The quantitative estimate of drug-likeness (QED) is 0.681. The van der Waals surface area contributed by atoms with Crippen LogP contribution in [0.15, 0.2) is 30.6 Å². The molecule has 2 aromatic rings. The number of halogens is 2. The molecule has 0 bridgehead atoms. The van der Waals surface area contributed by atoms with Crippen molar-refractivity contribution in [2.45, 2.75) is 6.92 Å². The molecule has 0 radical (unpaired) electrons. The molecule has 0 saturated heterocycles. The normalized spacial score (nSPS) is 10.5. The fraction of sp³-hybridized carbons (Fsp3) is 0.100. The predicted molar refractivity (Wildman–Crippen MR) is 48.2 cm³/mol. The number of hydrogen-bond acceptors (Lipinski definition) is 1. The third-order valence-corrected chi connectivity index (χ3v) is 1.95. The maximum Gasteiger partial charge on any atom is 0.152 e. The van der Waals surface area contributed by atoms with Crippen LogP contribution in [0.25, 0.3) is 5.69 Å². The van der Waals surface area contributed by atoms with E-state index in [4.69, 9.17) is 0 Å². The smallest absolute Gasteiger partial charge is 0.152 e. The zero-order chi connectivity index (χ0) is 10.1. The first-order valence-electron chi connectivity index (χ1n) is 4.14. The maximum atomic E-state index is 13.4. The van der Waals surface area contributed by atoms with Crippen molar-refractivity contribution in [3.63, 3.8) is 0 Å². The molecular weight excluding hydrogens is 186 g/mol. The molecule has 1 aromatic carbocycles. The number of aryl methyl sites for hydroxylation is 1. The summed E-state index contributed by atoms with van der Waals surface area (Å²) in [6, 6.07) is 3.81. The van der Waals surface area contributed by atoms with Crippen LogP contribution in [-0.4, -0.2) is 9.78 Å². The minimum atomic E-state index is -0.605. The molecule has 1 aromatic heterocycles. The Kier molecular flexibility index (Phi) is 2.04. The third kappa shape index (κ3) is 1.39. The minimum absolute atomic E-state index is 0.288. The van der Waals surface area contributed by atoms with Crippen LogP contribution < -0.4 is 0 Å². The fourth-order valence-electron chi connectivity index (χ4n) is 1.39. The molecular formula is C10H8F2N2. The number of hydrogen-bond donors (Lipinski definition) is 0. The zero-order valence-electron chi connectivity index (χ0n) is 7.54. The van der Waals surface area contributed by atoms with E-state index >= 15 is 0 Å². The molecule has 0 amide bonds. The van der Waals surface area contributed by atoms with Gasteiger partial charge in [0.05, 0.1) is 0 Å². The first kappa shape index (κ1) is 8.87. The number of benzene rings is 1. The second kappa shape index (κ2) is 3.21. The molecule has 0 aliphatic heterocycles. The van der Waals surface area contributed by atoms with Gasteiger partial charge in [0.1, 0.15) is 11.5 Å². The van der Waals surface area contributed by atoms with Crippen molar-refractivity contribution in [2.24, 2.45) is 0 Å². The van der Waals surface area contributed by atoms with Crippen molar-refractivity contribution < 1.29 is 8.78 Å². The summed E-state index contributed by atoms with van der Waals surface area (Å²) in [4.78, 5) is 0. The van der Waals surface area contributed by atoms with Crippen LogP contribution in [0.3, 0.4) is 0 Å². The standard InChI is InChI=1S/C10H8F2N2/c1-7-5-8(11)6-9(12)10(7)14-4-2-3-13-14/h2-6H,1H3. The summed E-state index contributed by atoms with van der Waals surface area (Å²) in [5.41, 5.74) is 0.808. The van der Waals surface area contributed by atoms with E-state index in [1.165, 1.54) is 10.7 Å². The van der Waals surface area contributed by atoms with Crippen LogP contribution in [0.4, 0.5) is 8.78 Å². The molecule has 4 heteroatoms. The van der Waals surface area contributed by atoms with Crippen molar-refractivity contribution in [1.29, 1.82) is 0 Å². The lowest BCUT2D eigenvalue weighted by Crippen LogP contribution is -2.01. The van der Waals surface area contributed by atoms with Crippen LogP contribution in [-0.2, 0) is 0 Å². The number of rotatable bonds is 1. The topological polar surface area (TPSA) is 17.8 Å². The van der Waals surface area contributed by atoms with E-state index in [1.807, 2.05) is 0 Å². The number of nitrogens with zero attached hydrogens (tertiary/aromatic N) is 2. The van der Waals surface area contributed by atoms with Gasteiger partial charge in [-0.1, -0.05) is 0 Å². The summed E-state index contributed by atoms with van der Waals surface area (Å²) in [6.07, 6.45) is 3.16. The van der Waals surface area contributed by atoms with Crippen LogP contribution in [0.1, 0.15) is 5.56 Å². The van der Waals surface area contributed by atoms with Crippen molar-refractivity contribution in [3.05, 3.63) is 47.8 Å². The number of aromatic nitrogens is 2. The van der Waals surface area contributed by atoms with Gasteiger partial charge >= 0.3 is 0 Å². The summed E-state index contributed by atoms with van der Waals surface area (Å²) >= 11 is 0. The molecule has 0 unspecified atom stereocenters. The van der Waals surface area contributed by atoms with E-state index in [0.29, 0.717) is 5.56 Å². The van der Waals surface area contributed by atoms with E-state index in [0.717, 1.165) is 6.07 Å². The molecule has 0 N–H and O–H groups in total. The second-order valence-corrected chi connectivity index (χ2v) is 3.00. The Morgan fingerprint density at radius 1 is 1.29 bits per heavy atom. The van der Waals surface area contributed by atoms with Gasteiger partial charge in [-0.25, -0.2) is 13.5 Å². The Morgan fingerprint density at radius 3 is 2.64 bits per heavy atom. The van der Waals surface area contributed by atoms with Crippen LogP contribution in [0.2, 0.25) is 0 Å². The van der Waals surface area contributed by atoms with Crippen LogP contribution in [0.5, 0.6) is 0 Å². The first-order chi connectivity index (χ1) is 6.68. The second-order valence-electron chi connectivity index (χ2n) is 3.00. The lowest BCUT2D eigenvalue weighted by molar-refractivity contribution is 0.571. The zero-order valence-corrected chi connectivity index (χ0v) is 7.54. The minimum Gasteiger partial charge on any atom is -0.238 e. The Labute approximate surface area is 79.8 Å². The van der Waals surface area contributed by atoms with Gasteiger partial charge < -0.3 is 0 Å². The maximum absolute atomic E-state index is 13.4. The predicted octanol–water partition coefficient (Wildman–Crippen LogP) is 2.46. The van der Waals surface area contributed by atoms with Gasteiger partial charge in [0.15, 0.2) is 5.82 Å². The molecule has 0 atom stereocenters. The lowest BCUT2D eigenvalue weighted by Gasteiger charge is -2.06. The highest BCUT2D eigenvalue weighted by molar-refractivity contribution is 5.41. The van der Waals surface area contributed by atoms with Crippen LogP contribution in [0, 0.1) is 18.6 Å². The van der Waals surface area contributed by atoms with Gasteiger partial charge in [0.25, 0.3) is 0 Å². The van der Waals surface area contributed by atoms with Gasteiger partial charge in [-0.3, -0.25) is 0 Å². The molecule has 14 heavy (non-hydrogen) atoms. The summed E-state index contributed by atoms with van der Waals surface area (Å²) in [5, 5.41) is 3.89. The largest absolute Gasteiger partial charge is 0.238 e. The lowest BCUT2D eigenvalue weighted by atomic mass is 10.2. The van der Waals surface area contributed by atoms with E-state index in [2.05, 4.69) is 5.10 Å². The Bertz CT molecular complexity index is 426. The molecule has 2 nitrogen and oxygen atoms in total. The molecule has 1 heterocycles. The van der Waals surface area contributed by atoms with Gasteiger partial charge in [-0.05, 0) is 24.6 Å². The summed E-state index contributed by atoms with van der Waals surface area (Å²) in [6.45, 7) is 1.64. The van der Waals surface area contributed by atoms with Gasteiger partial charge in [-0.2, -0.15) is 5.10 Å². The molecule has 0 spiro atoms. The molecule has 0 fully saturated rings. The van der Waals surface area contributed by atoms with E-state index in [9.17, 15) is 8.78 Å². The molecule has 0 saturated carbocycles. The first-order valence-corrected chi connectivity index (χ1v) is 4.14. The summed E-state index contributed by atoms with van der Waals surface area (Å²) in [7, 11) is 0. The van der Waals surface area contributed by atoms with E-state index in [1.54, 1.807) is 25.4 Å². The van der Waals surface area contributed by atoms with Crippen molar-refractivity contribution in [1.82, 2.24) is 9.78 Å². The highest BCUT2D eigenvalue weighted by atomic mass is 19.1. The monoisotopic (exact) mass is 194 g/mol. The highest BCUT2D eigenvalue weighted by Crippen LogP contribution is 2.18. The van der Waals surface area contributed by atoms with Gasteiger partial charge in [-0.15, -0.1) is 0 Å². The summed E-state index contributed by atoms with van der Waals surface area (Å²) < 4.78 is 27.5. The van der Waals surface area contributed by atoms with E-state index in [-0.39, 0.29) is 5.69 Å². The molecule has 0 aliphatic rings. The highest BCUT2D eigenvalue weighted by Gasteiger charge is 2.09. The van der Waals surface area contributed by atoms with Crippen molar-refractivity contribution in [3.8, 4) is 5.69 Å². The Hall–Kier alpha value is -1.71. The SMILES string of the molecule is Cc1cc(F)cc(F)c1-n1cccn1. The molecule has 0 aliphatic carbocycles. The van der Waals surface area contributed by atoms with Crippen LogP contribution >= 0.6 is 0 Å². The third-order valence-electron chi connectivity index (χ3n) is 1.95. The van der Waals surface area contributed by atoms with Crippen molar-refractivity contribution in [2.75, 3.05) is 0 Å².